The van der Waals surface area contributed by atoms with Gasteiger partial charge in [-0.3, -0.25) is 0 Å². The van der Waals surface area contributed by atoms with Gasteiger partial charge in [0.2, 0.25) is 0 Å². The van der Waals surface area contributed by atoms with Crippen molar-refractivity contribution < 1.29 is 18.3 Å². The Hall–Kier alpha value is -2.64. The number of halogens is 2. The van der Waals surface area contributed by atoms with Gasteiger partial charge in [-0.05, 0) is 35.4 Å². The summed E-state index contributed by atoms with van der Waals surface area (Å²) < 4.78 is 41.4. The van der Waals surface area contributed by atoms with Gasteiger partial charge in [-0.25, -0.2) is 8.78 Å². The van der Waals surface area contributed by atoms with E-state index in [9.17, 15) is 8.78 Å². The van der Waals surface area contributed by atoms with Gasteiger partial charge in [-0.1, -0.05) is 84.9 Å². The second-order valence-corrected chi connectivity index (χ2v) is 10.3. The number of rotatable bonds is 13. The van der Waals surface area contributed by atoms with E-state index in [0.29, 0.717) is 34.5 Å². The lowest BCUT2D eigenvalue weighted by Gasteiger charge is -2.28. The topological polar surface area (TPSA) is 18.5 Å². The molecule has 0 spiro atoms. The molecule has 0 aliphatic heterocycles. The Balaban J connectivity index is 1.52. The van der Waals surface area contributed by atoms with E-state index in [1.54, 1.807) is 24.3 Å². The van der Waals surface area contributed by atoms with Gasteiger partial charge in [0.25, 0.3) is 0 Å². The van der Waals surface area contributed by atoms with Crippen LogP contribution in [0.1, 0.15) is 11.1 Å². The SMILES string of the molecule is Fc1ccccc1SC[C@H](OCc1ccccc1)[C@H](CSc1ccccc1F)OCc1ccccc1. The van der Waals surface area contributed by atoms with Crippen molar-refractivity contribution in [2.75, 3.05) is 11.5 Å². The summed E-state index contributed by atoms with van der Waals surface area (Å²) in [6.45, 7) is 0.803. The van der Waals surface area contributed by atoms with Gasteiger partial charge in [0.1, 0.15) is 11.6 Å². The molecule has 0 aliphatic carbocycles. The molecule has 0 heterocycles. The Bertz CT molecular complexity index is 1100. The van der Waals surface area contributed by atoms with E-state index in [1.807, 2.05) is 72.8 Å². The third kappa shape index (κ3) is 8.20. The average Bonchev–Trinajstić information content (AvgIpc) is 2.92. The molecule has 0 bridgehead atoms. The molecule has 4 aromatic rings. The maximum atomic E-state index is 14.3. The normalized spacial score (nSPS) is 12.8. The predicted octanol–water partition coefficient (Wildman–Crippen LogP) is 8.02. The van der Waals surface area contributed by atoms with Crippen LogP contribution in [0.4, 0.5) is 8.78 Å². The van der Waals surface area contributed by atoms with Crippen LogP contribution in [0.25, 0.3) is 0 Å². The van der Waals surface area contributed by atoms with E-state index in [2.05, 4.69) is 0 Å². The first-order chi connectivity index (χ1) is 17.7. The maximum Gasteiger partial charge on any atom is 0.136 e. The third-order valence-electron chi connectivity index (χ3n) is 5.51. The number of benzene rings is 4. The first-order valence-electron chi connectivity index (χ1n) is 11.7. The van der Waals surface area contributed by atoms with Crippen LogP contribution in [-0.2, 0) is 22.7 Å². The van der Waals surface area contributed by atoms with Gasteiger partial charge in [0.05, 0.1) is 25.4 Å². The van der Waals surface area contributed by atoms with Crippen LogP contribution in [0.2, 0.25) is 0 Å². The minimum atomic E-state index is -0.349. The summed E-state index contributed by atoms with van der Waals surface area (Å²) in [6.07, 6.45) is -0.699. The van der Waals surface area contributed by atoms with Gasteiger partial charge in [0, 0.05) is 21.3 Å². The quantitative estimate of drug-likeness (QED) is 0.165. The summed E-state index contributed by atoms with van der Waals surface area (Å²) in [5.74, 6) is 0.467. The summed E-state index contributed by atoms with van der Waals surface area (Å²) in [5.41, 5.74) is 2.09. The van der Waals surface area contributed by atoms with Crippen LogP contribution in [-0.4, -0.2) is 23.7 Å². The van der Waals surface area contributed by atoms with Crippen LogP contribution in [0.5, 0.6) is 0 Å². The smallest absolute Gasteiger partial charge is 0.136 e. The first kappa shape index (κ1) is 26.4. The molecule has 4 rings (SSSR count). The van der Waals surface area contributed by atoms with Gasteiger partial charge in [-0.15, -0.1) is 23.5 Å². The molecule has 0 saturated carbocycles. The van der Waals surface area contributed by atoms with Crippen LogP contribution in [0, 0.1) is 11.6 Å². The van der Waals surface area contributed by atoms with E-state index in [-0.39, 0.29) is 23.8 Å². The highest BCUT2D eigenvalue weighted by Crippen LogP contribution is 2.29. The van der Waals surface area contributed by atoms with Crippen molar-refractivity contribution in [3.8, 4) is 0 Å². The molecule has 0 aliphatic rings. The lowest BCUT2D eigenvalue weighted by Crippen LogP contribution is -2.36. The molecule has 0 radical (unpaired) electrons. The summed E-state index contributed by atoms with van der Waals surface area (Å²) in [5, 5.41) is 0. The molecule has 2 atom stereocenters. The minimum Gasteiger partial charge on any atom is -0.370 e. The molecule has 186 valence electrons. The second-order valence-electron chi connectivity index (χ2n) is 8.15. The highest BCUT2D eigenvalue weighted by atomic mass is 32.2. The summed E-state index contributed by atoms with van der Waals surface area (Å²) >= 11 is 2.80. The van der Waals surface area contributed by atoms with E-state index in [4.69, 9.17) is 9.47 Å². The monoisotopic (exact) mass is 522 g/mol. The van der Waals surface area contributed by atoms with Gasteiger partial charge in [-0.2, -0.15) is 0 Å². The zero-order chi connectivity index (χ0) is 25.0. The van der Waals surface area contributed by atoms with E-state index in [1.165, 1.54) is 35.7 Å². The predicted molar refractivity (Wildman–Crippen MR) is 144 cm³/mol. The second kappa shape index (κ2) is 14.2. The Morgan fingerprint density at radius 3 is 1.25 bits per heavy atom. The third-order valence-corrected chi connectivity index (χ3v) is 7.78. The van der Waals surface area contributed by atoms with Crippen molar-refractivity contribution in [2.45, 2.75) is 35.2 Å². The van der Waals surface area contributed by atoms with E-state index in [0.717, 1.165) is 11.1 Å². The number of hydrogen-bond donors (Lipinski definition) is 0. The van der Waals surface area contributed by atoms with Crippen LogP contribution >= 0.6 is 23.5 Å². The molecule has 2 nitrogen and oxygen atoms in total. The standard InChI is InChI=1S/C30H28F2O2S2/c31-25-15-7-9-17-29(25)35-21-27(33-19-23-11-3-1-4-12-23)28(34-20-24-13-5-2-6-14-24)22-36-30-18-10-8-16-26(30)32/h1-18,27-28H,19-22H2/t27-,28-/m0/s1. The molecule has 6 heteroatoms. The zero-order valence-electron chi connectivity index (χ0n) is 19.8. The fourth-order valence-electron chi connectivity index (χ4n) is 3.55. The molecule has 0 N–H and O–H groups in total. The van der Waals surface area contributed by atoms with Crippen LogP contribution in [0.3, 0.4) is 0 Å². The number of thioether (sulfide) groups is 2. The first-order valence-corrected chi connectivity index (χ1v) is 13.7. The zero-order valence-corrected chi connectivity index (χ0v) is 21.4. The summed E-state index contributed by atoms with van der Waals surface area (Å²) in [7, 11) is 0. The van der Waals surface area contributed by atoms with Crippen LogP contribution < -0.4 is 0 Å². The fourth-order valence-corrected chi connectivity index (χ4v) is 5.62. The Morgan fingerprint density at radius 1 is 0.500 bits per heavy atom. The van der Waals surface area contributed by atoms with Crippen molar-refractivity contribution in [3.05, 3.63) is 132 Å². The lowest BCUT2D eigenvalue weighted by molar-refractivity contribution is -0.0642. The van der Waals surface area contributed by atoms with Gasteiger partial charge in [0.15, 0.2) is 0 Å². The van der Waals surface area contributed by atoms with Crippen molar-refractivity contribution in [1.82, 2.24) is 0 Å². The van der Waals surface area contributed by atoms with Gasteiger partial charge < -0.3 is 9.47 Å². The molecule has 0 fully saturated rings. The van der Waals surface area contributed by atoms with Crippen molar-refractivity contribution in [2.24, 2.45) is 0 Å². The Labute approximate surface area is 220 Å². The largest absolute Gasteiger partial charge is 0.370 e. The van der Waals surface area contributed by atoms with Crippen molar-refractivity contribution >= 4 is 23.5 Å². The molecule has 4 aromatic carbocycles. The maximum absolute atomic E-state index is 14.3. The molecular formula is C30H28F2O2S2. The van der Waals surface area contributed by atoms with Gasteiger partial charge >= 0.3 is 0 Å². The Kier molecular flexibility index (Phi) is 10.4. The lowest BCUT2D eigenvalue weighted by atomic mass is 10.2. The number of hydrogen-bond acceptors (Lipinski definition) is 4. The van der Waals surface area contributed by atoms with Crippen molar-refractivity contribution in [3.63, 3.8) is 0 Å². The molecule has 0 amide bonds. The minimum absolute atomic E-state index is 0.258. The molecule has 0 saturated heterocycles. The highest BCUT2D eigenvalue weighted by Gasteiger charge is 2.25. The van der Waals surface area contributed by atoms with E-state index < -0.39 is 0 Å². The van der Waals surface area contributed by atoms with Crippen molar-refractivity contribution in [1.29, 1.82) is 0 Å². The highest BCUT2D eigenvalue weighted by molar-refractivity contribution is 7.99. The molecule has 0 unspecified atom stereocenters. The van der Waals surface area contributed by atoms with E-state index >= 15 is 0 Å². The summed E-state index contributed by atoms with van der Waals surface area (Å²) in [4.78, 5) is 1.13. The molecular weight excluding hydrogens is 494 g/mol. The summed E-state index contributed by atoms with van der Waals surface area (Å²) in [6, 6.07) is 33.3. The Morgan fingerprint density at radius 2 is 0.861 bits per heavy atom. The average molecular weight is 523 g/mol. The fraction of sp³-hybridized carbons (Fsp3) is 0.200. The van der Waals surface area contributed by atoms with Crippen LogP contribution in [0.15, 0.2) is 119 Å². The number of ether oxygens (including phenoxy) is 2. The molecule has 36 heavy (non-hydrogen) atoms. The molecule has 0 aromatic heterocycles.